The zero-order valence-electron chi connectivity index (χ0n) is 12.6. The van der Waals surface area contributed by atoms with Gasteiger partial charge in [-0.25, -0.2) is 0 Å². The molecule has 1 aromatic carbocycles. The van der Waals surface area contributed by atoms with Gasteiger partial charge in [-0.3, -0.25) is 9.69 Å². The third kappa shape index (κ3) is 3.34. The predicted octanol–water partition coefficient (Wildman–Crippen LogP) is 2.89. The number of carbonyl (C=O) groups is 2. The van der Waals surface area contributed by atoms with E-state index in [9.17, 15) is 9.59 Å². The number of hydrogen-bond acceptors (Lipinski definition) is 3. The molecule has 3 nitrogen and oxygen atoms in total. The van der Waals surface area contributed by atoms with E-state index in [1.807, 2.05) is 0 Å². The first-order valence-corrected chi connectivity index (χ1v) is 7.36. The van der Waals surface area contributed by atoms with Crippen LogP contribution in [0.3, 0.4) is 0 Å². The van der Waals surface area contributed by atoms with E-state index in [0.29, 0.717) is 12.8 Å². The fourth-order valence-electron chi connectivity index (χ4n) is 2.90. The molecule has 1 unspecified atom stereocenters. The van der Waals surface area contributed by atoms with Gasteiger partial charge in [0.15, 0.2) is 0 Å². The first kappa shape index (κ1) is 14.9. The Bertz CT molecular complexity index is 522. The maximum Gasteiger partial charge on any atom is 0.146 e. The molecule has 20 heavy (non-hydrogen) atoms. The summed E-state index contributed by atoms with van der Waals surface area (Å²) in [4.78, 5) is 25.2. The minimum absolute atomic E-state index is 0.128. The van der Waals surface area contributed by atoms with Crippen molar-refractivity contribution in [3.8, 4) is 0 Å². The van der Waals surface area contributed by atoms with E-state index < -0.39 is 0 Å². The van der Waals surface area contributed by atoms with E-state index in [1.165, 1.54) is 16.7 Å². The van der Waals surface area contributed by atoms with Gasteiger partial charge in [0.25, 0.3) is 0 Å². The monoisotopic (exact) mass is 273 g/mol. The zero-order valence-corrected chi connectivity index (χ0v) is 12.6. The topological polar surface area (TPSA) is 37.4 Å². The van der Waals surface area contributed by atoms with Gasteiger partial charge in [-0.2, -0.15) is 0 Å². The molecule has 0 bridgehead atoms. The molecular weight excluding hydrogens is 250 g/mol. The Kier molecular flexibility index (Phi) is 4.71. The Morgan fingerprint density at radius 3 is 2.50 bits per heavy atom. The number of ketones is 2. The van der Waals surface area contributed by atoms with Crippen molar-refractivity contribution in [3.05, 3.63) is 34.9 Å². The van der Waals surface area contributed by atoms with Crippen molar-refractivity contribution in [2.45, 2.75) is 59.2 Å². The van der Waals surface area contributed by atoms with E-state index in [2.05, 4.69) is 30.0 Å². The number of nitrogens with zero attached hydrogens (tertiary/aromatic N) is 1. The normalized spacial score (nSPS) is 15.9. The standard InChI is InChI=1S/C17H23NO2/c1-4-14-6-7-15-10-18(11-16(15)9-14)17(13(3)20)8-5-12(2)19/h6-7,9,17H,4-5,8,10-11H2,1-3H3. The van der Waals surface area contributed by atoms with E-state index in [1.54, 1.807) is 13.8 Å². The van der Waals surface area contributed by atoms with E-state index >= 15 is 0 Å². The first-order chi connectivity index (χ1) is 9.51. The average Bonchev–Trinajstić information content (AvgIpc) is 2.80. The summed E-state index contributed by atoms with van der Waals surface area (Å²) in [5, 5.41) is 0. The molecule has 2 rings (SSSR count). The van der Waals surface area contributed by atoms with Crippen LogP contribution in [-0.2, 0) is 29.1 Å². The molecular formula is C17H23NO2. The maximum atomic E-state index is 11.9. The molecule has 1 aromatic rings. The summed E-state index contributed by atoms with van der Waals surface area (Å²) in [6.07, 6.45) is 2.16. The van der Waals surface area contributed by atoms with Crippen molar-refractivity contribution in [1.82, 2.24) is 4.90 Å². The van der Waals surface area contributed by atoms with Crippen LogP contribution in [0.2, 0.25) is 0 Å². The van der Waals surface area contributed by atoms with Crippen molar-refractivity contribution in [3.63, 3.8) is 0 Å². The number of aryl methyl sites for hydroxylation is 1. The number of Topliss-reactive ketones (excluding diaryl/α,β-unsaturated/α-hetero) is 2. The highest BCUT2D eigenvalue weighted by molar-refractivity contribution is 5.83. The van der Waals surface area contributed by atoms with Crippen molar-refractivity contribution < 1.29 is 9.59 Å². The highest BCUT2D eigenvalue weighted by atomic mass is 16.1. The van der Waals surface area contributed by atoms with Crippen molar-refractivity contribution in [2.75, 3.05) is 0 Å². The minimum atomic E-state index is -0.128. The number of fused-ring (bicyclic) bond motifs is 1. The molecule has 108 valence electrons. The quantitative estimate of drug-likeness (QED) is 0.799. The molecule has 0 radical (unpaired) electrons. The zero-order chi connectivity index (χ0) is 14.7. The number of carbonyl (C=O) groups excluding carboxylic acids is 2. The fourth-order valence-corrected chi connectivity index (χ4v) is 2.90. The van der Waals surface area contributed by atoms with Gasteiger partial charge in [0, 0.05) is 19.5 Å². The summed E-state index contributed by atoms with van der Waals surface area (Å²) in [6, 6.07) is 6.46. The molecule has 1 heterocycles. The maximum absolute atomic E-state index is 11.9. The van der Waals surface area contributed by atoms with Crippen LogP contribution in [0.1, 0.15) is 50.3 Å². The summed E-state index contributed by atoms with van der Waals surface area (Å²) in [7, 11) is 0. The van der Waals surface area contributed by atoms with Gasteiger partial charge < -0.3 is 4.79 Å². The van der Waals surface area contributed by atoms with E-state index in [-0.39, 0.29) is 17.6 Å². The van der Waals surface area contributed by atoms with Gasteiger partial charge in [-0.15, -0.1) is 0 Å². The lowest BCUT2D eigenvalue weighted by Gasteiger charge is -2.24. The summed E-state index contributed by atoms with van der Waals surface area (Å²) in [6.45, 7) is 7.02. The van der Waals surface area contributed by atoms with E-state index in [4.69, 9.17) is 0 Å². The molecule has 1 aliphatic rings. The van der Waals surface area contributed by atoms with Gasteiger partial charge in [0.1, 0.15) is 11.6 Å². The third-order valence-corrected chi connectivity index (χ3v) is 4.11. The van der Waals surface area contributed by atoms with Crippen LogP contribution in [0.25, 0.3) is 0 Å². The Labute approximate surface area is 121 Å². The fraction of sp³-hybridized carbons (Fsp3) is 0.529. The minimum Gasteiger partial charge on any atom is -0.300 e. The summed E-state index contributed by atoms with van der Waals surface area (Å²) in [5.41, 5.74) is 3.99. The average molecular weight is 273 g/mol. The van der Waals surface area contributed by atoms with Crippen molar-refractivity contribution in [1.29, 1.82) is 0 Å². The first-order valence-electron chi connectivity index (χ1n) is 7.36. The Morgan fingerprint density at radius 1 is 1.20 bits per heavy atom. The molecule has 0 saturated heterocycles. The van der Waals surface area contributed by atoms with Gasteiger partial charge >= 0.3 is 0 Å². The van der Waals surface area contributed by atoms with Gasteiger partial charge in [-0.1, -0.05) is 25.1 Å². The molecule has 0 aromatic heterocycles. The lowest BCUT2D eigenvalue weighted by Crippen LogP contribution is -2.36. The molecule has 0 aliphatic carbocycles. The molecule has 3 heteroatoms. The SMILES string of the molecule is CCc1ccc2c(c1)CN(C(CCC(C)=O)C(C)=O)C2. The molecule has 0 amide bonds. The highest BCUT2D eigenvalue weighted by Gasteiger charge is 2.28. The largest absolute Gasteiger partial charge is 0.300 e. The van der Waals surface area contributed by atoms with Crippen LogP contribution < -0.4 is 0 Å². The number of rotatable bonds is 6. The molecule has 1 aliphatic heterocycles. The molecule has 0 saturated carbocycles. The van der Waals surface area contributed by atoms with Crippen LogP contribution in [0.4, 0.5) is 0 Å². The lowest BCUT2D eigenvalue weighted by atomic mass is 10.0. The lowest BCUT2D eigenvalue weighted by molar-refractivity contribution is -0.123. The summed E-state index contributed by atoms with van der Waals surface area (Å²) in [5.74, 6) is 0.316. The summed E-state index contributed by atoms with van der Waals surface area (Å²) < 4.78 is 0. The smallest absolute Gasteiger partial charge is 0.146 e. The summed E-state index contributed by atoms with van der Waals surface area (Å²) >= 11 is 0. The van der Waals surface area contributed by atoms with E-state index in [0.717, 1.165) is 19.5 Å². The second-order valence-electron chi connectivity index (χ2n) is 5.73. The Hall–Kier alpha value is -1.48. The van der Waals surface area contributed by atoms with Crippen molar-refractivity contribution in [2.24, 2.45) is 0 Å². The molecule has 0 spiro atoms. The van der Waals surface area contributed by atoms with Gasteiger partial charge in [0.05, 0.1) is 6.04 Å². The molecule has 1 atom stereocenters. The van der Waals surface area contributed by atoms with Crippen LogP contribution in [0, 0.1) is 0 Å². The van der Waals surface area contributed by atoms with Crippen LogP contribution in [0.5, 0.6) is 0 Å². The highest BCUT2D eigenvalue weighted by Crippen LogP contribution is 2.27. The van der Waals surface area contributed by atoms with Crippen LogP contribution in [0.15, 0.2) is 18.2 Å². The number of benzene rings is 1. The second kappa shape index (κ2) is 6.31. The number of hydrogen-bond donors (Lipinski definition) is 0. The van der Waals surface area contributed by atoms with Crippen molar-refractivity contribution >= 4 is 11.6 Å². The molecule has 0 fully saturated rings. The van der Waals surface area contributed by atoms with Crippen LogP contribution in [-0.4, -0.2) is 22.5 Å². The predicted molar refractivity (Wildman–Crippen MR) is 79.5 cm³/mol. The third-order valence-electron chi connectivity index (χ3n) is 4.11. The molecule has 0 N–H and O–H groups in total. The van der Waals surface area contributed by atoms with Gasteiger partial charge in [0.2, 0.25) is 0 Å². The second-order valence-corrected chi connectivity index (χ2v) is 5.73. The Balaban J connectivity index is 2.10. The van der Waals surface area contributed by atoms with Crippen LogP contribution >= 0.6 is 0 Å². The Morgan fingerprint density at radius 2 is 1.90 bits per heavy atom. The van der Waals surface area contributed by atoms with Gasteiger partial charge in [-0.05, 0) is 43.4 Å².